The van der Waals surface area contributed by atoms with Crippen LogP contribution in [0.2, 0.25) is 0 Å². The molecule has 1 N–H and O–H groups in total. The fourth-order valence-electron chi connectivity index (χ4n) is 2.29. The number of carbonyl (C=O) groups is 1. The minimum atomic E-state index is -3.78. The number of aliphatic carboxylic acids is 1. The van der Waals surface area contributed by atoms with E-state index in [0.29, 0.717) is 23.1 Å². The van der Waals surface area contributed by atoms with E-state index in [1.165, 1.54) is 13.1 Å². The van der Waals surface area contributed by atoms with Crippen LogP contribution in [0.3, 0.4) is 0 Å². The summed E-state index contributed by atoms with van der Waals surface area (Å²) in [5.74, 6) is -0.418. The number of nitrogens with zero attached hydrogens (tertiary/aromatic N) is 1. The molecular formula is C16H19NO5S. The number of fused-ring (bicyclic) bond motifs is 1. The lowest BCUT2D eigenvalue weighted by atomic mass is 10.1. The molecule has 6 nitrogen and oxygen atoms in total. The molecule has 0 amide bonds. The molecule has 0 radical (unpaired) electrons. The van der Waals surface area contributed by atoms with Gasteiger partial charge in [-0.1, -0.05) is 24.3 Å². The van der Waals surface area contributed by atoms with Gasteiger partial charge in [0.1, 0.15) is 5.75 Å². The van der Waals surface area contributed by atoms with Gasteiger partial charge in [0.15, 0.2) is 0 Å². The summed E-state index contributed by atoms with van der Waals surface area (Å²) in [4.78, 5) is 10.8. The number of benzene rings is 2. The maximum atomic E-state index is 12.7. The van der Waals surface area contributed by atoms with Crippen molar-refractivity contribution in [3.05, 3.63) is 36.4 Å². The van der Waals surface area contributed by atoms with Gasteiger partial charge < -0.3 is 9.84 Å². The second-order valence-corrected chi connectivity index (χ2v) is 7.02. The average molecular weight is 337 g/mol. The first kappa shape index (κ1) is 17.2. The highest BCUT2D eigenvalue weighted by molar-refractivity contribution is 7.89. The maximum Gasteiger partial charge on any atom is 0.304 e. The van der Waals surface area contributed by atoms with Crippen LogP contribution in [0.4, 0.5) is 0 Å². The number of carboxylic acids is 1. The molecule has 124 valence electrons. The Bertz CT molecular complexity index is 816. The number of sulfonamides is 1. The Morgan fingerprint density at radius 2 is 1.83 bits per heavy atom. The van der Waals surface area contributed by atoms with Gasteiger partial charge >= 0.3 is 5.97 Å². The van der Waals surface area contributed by atoms with Crippen molar-refractivity contribution < 1.29 is 23.1 Å². The van der Waals surface area contributed by atoms with Crippen molar-refractivity contribution in [2.75, 3.05) is 20.2 Å². The summed E-state index contributed by atoms with van der Waals surface area (Å²) in [6.07, 6.45) is -0.245. The minimum Gasteiger partial charge on any atom is -0.493 e. The molecule has 0 aliphatic heterocycles. The van der Waals surface area contributed by atoms with Crippen LogP contribution in [0.25, 0.3) is 10.8 Å². The van der Waals surface area contributed by atoms with Gasteiger partial charge in [0, 0.05) is 24.4 Å². The topological polar surface area (TPSA) is 83.9 Å². The predicted octanol–water partition coefficient (Wildman–Crippen LogP) is 2.33. The van der Waals surface area contributed by atoms with E-state index in [1.807, 2.05) is 13.0 Å². The third-order valence-corrected chi connectivity index (χ3v) is 5.39. The standard InChI is InChI=1S/C16H19NO5S/c1-3-22-14-8-9-15(13-7-5-4-6-12(13)14)23(20,21)17(2)11-10-16(18)19/h4-9H,3,10-11H2,1-2H3,(H,18,19). The molecular weight excluding hydrogens is 318 g/mol. The Balaban J connectivity index is 2.51. The van der Waals surface area contributed by atoms with Crippen molar-refractivity contribution in [1.29, 1.82) is 0 Å². The highest BCUT2D eigenvalue weighted by Gasteiger charge is 2.24. The number of hydrogen-bond donors (Lipinski definition) is 1. The monoisotopic (exact) mass is 337 g/mol. The molecule has 0 spiro atoms. The van der Waals surface area contributed by atoms with E-state index in [4.69, 9.17) is 9.84 Å². The van der Waals surface area contributed by atoms with E-state index in [0.717, 1.165) is 4.31 Å². The second kappa shape index (κ2) is 6.97. The first-order valence-electron chi connectivity index (χ1n) is 7.20. The van der Waals surface area contributed by atoms with Crippen LogP contribution in [0, 0.1) is 0 Å². The number of ether oxygens (including phenoxy) is 1. The van der Waals surface area contributed by atoms with Crippen LogP contribution >= 0.6 is 0 Å². The SMILES string of the molecule is CCOc1ccc(S(=O)(=O)N(C)CCC(=O)O)c2ccccc12. The van der Waals surface area contributed by atoms with Crippen molar-refractivity contribution in [3.63, 3.8) is 0 Å². The van der Waals surface area contributed by atoms with E-state index >= 15 is 0 Å². The largest absolute Gasteiger partial charge is 0.493 e. The molecule has 0 bridgehead atoms. The van der Waals surface area contributed by atoms with Gasteiger partial charge in [0.25, 0.3) is 0 Å². The average Bonchev–Trinajstić information content (AvgIpc) is 2.52. The zero-order valence-electron chi connectivity index (χ0n) is 13.0. The molecule has 2 aromatic carbocycles. The van der Waals surface area contributed by atoms with Crippen molar-refractivity contribution in [3.8, 4) is 5.75 Å². The lowest BCUT2D eigenvalue weighted by Gasteiger charge is -2.18. The molecule has 7 heteroatoms. The smallest absolute Gasteiger partial charge is 0.304 e. The lowest BCUT2D eigenvalue weighted by molar-refractivity contribution is -0.137. The summed E-state index contributed by atoms with van der Waals surface area (Å²) >= 11 is 0. The third-order valence-electron chi connectivity index (χ3n) is 3.47. The Morgan fingerprint density at radius 3 is 2.43 bits per heavy atom. The van der Waals surface area contributed by atoms with Gasteiger partial charge in [0.05, 0.1) is 17.9 Å². The zero-order chi connectivity index (χ0) is 17.0. The summed E-state index contributed by atoms with van der Waals surface area (Å²) in [5, 5.41) is 9.99. The normalized spacial score (nSPS) is 11.8. The fourth-order valence-corrected chi connectivity index (χ4v) is 3.65. The van der Waals surface area contributed by atoms with Gasteiger partial charge in [-0.3, -0.25) is 4.79 Å². The molecule has 0 aliphatic rings. The summed E-state index contributed by atoms with van der Waals surface area (Å²) in [7, 11) is -2.40. The molecule has 2 rings (SSSR count). The van der Waals surface area contributed by atoms with Gasteiger partial charge in [-0.05, 0) is 19.1 Å². The first-order chi connectivity index (χ1) is 10.9. The van der Waals surface area contributed by atoms with Gasteiger partial charge in [-0.25, -0.2) is 12.7 Å². The van der Waals surface area contributed by atoms with E-state index in [1.54, 1.807) is 24.3 Å². The molecule has 0 fully saturated rings. The van der Waals surface area contributed by atoms with Crippen LogP contribution in [0.5, 0.6) is 5.75 Å². The van der Waals surface area contributed by atoms with Crippen LogP contribution in [-0.4, -0.2) is 44.0 Å². The Labute approximate surface area is 135 Å². The Hall–Kier alpha value is -2.12. The van der Waals surface area contributed by atoms with Gasteiger partial charge in [-0.15, -0.1) is 0 Å². The molecule has 0 aliphatic carbocycles. The summed E-state index contributed by atoms with van der Waals surface area (Å²) in [6.45, 7) is 2.26. The summed E-state index contributed by atoms with van der Waals surface area (Å²) < 4.78 is 32.0. The van der Waals surface area contributed by atoms with E-state index < -0.39 is 16.0 Å². The van der Waals surface area contributed by atoms with E-state index in [-0.39, 0.29) is 17.9 Å². The predicted molar refractivity (Wildman–Crippen MR) is 87.2 cm³/mol. The van der Waals surface area contributed by atoms with Crippen LogP contribution < -0.4 is 4.74 Å². The molecule has 0 saturated carbocycles. The maximum absolute atomic E-state index is 12.7. The molecule has 23 heavy (non-hydrogen) atoms. The zero-order valence-corrected chi connectivity index (χ0v) is 13.8. The fraction of sp³-hybridized carbons (Fsp3) is 0.312. The lowest BCUT2D eigenvalue weighted by Crippen LogP contribution is -2.29. The summed E-state index contributed by atoms with van der Waals surface area (Å²) in [6, 6.07) is 10.2. The molecule has 0 saturated heterocycles. The van der Waals surface area contributed by atoms with Gasteiger partial charge in [-0.2, -0.15) is 0 Å². The first-order valence-corrected chi connectivity index (χ1v) is 8.64. The minimum absolute atomic E-state index is 0.0841. The number of hydrogen-bond acceptors (Lipinski definition) is 4. The molecule has 0 heterocycles. The highest BCUT2D eigenvalue weighted by atomic mass is 32.2. The van der Waals surface area contributed by atoms with Crippen molar-refractivity contribution in [2.45, 2.75) is 18.2 Å². The van der Waals surface area contributed by atoms with E-state index in [9.17, 15) is 13.2 Å². The van der Waals surface area contributed by atoms with Crippen molar-refractivity contribution >= 4 is 26.8 Å². The summed E-state index contributed by atoms with van der Waals surface area (Å²) in [5.41, 5.74) is 0. The second-order valence-electron chi connectivity index (χ2n) is 5.01. The van der Waals surface area contributed by atoms with Crippen molar-refractivity contribution in [2.24, 2.45) is 0 Å². The van der Waals surface area contributed by atoms with Crippen molar-refractivity contribution in [1.82, 2.24) is 4.31 Å². The molecule has 0 atom stereocenters. The van der Waals surface area contributed by atoms with Gasteiger partial charge in [0.2, 0.25) is 10.0 Å². The third kappa shape index (κ3) is 3.62. The molecule has 2 aromatic rings. The van der Waals surface area contributed by atoms with Crippen LogP contribution in [-0.2, 0) is 14.8 Å². The highest BCUT2D eigenvalue weighted by Crippen LogP contribution is 2.32. The Kier molecular flexibility index (Phi) is 5.23. The number of carboxylic acid groups (broad SMARTS) is 1. The number of rotatable bonds is 7. The molecule has 0 unspecified atom stereocenters. The quantitative estimate of drug-likeness (QED) is 0.838. The molecule has 0 aromatic heterocycles. The van der Waals surface area contributed by atoms with Crippen LogP contribution in [0.1, 0.15) is 13.3 Å². The van der Waals surface area contributed by atoms with Crippen LogP contribution in [0.15, 0.2) is 41.3 Å². The Morgan fingerprint density at radius 1 is 1.17 bits per heavy atom. The van der Waals surface area contributed by atoms with E-state index in [2.05, 4.69) is 0 Å².